The van der Waals surface area contributed by atoms with Gasteiger partial charge in [-0.2, -0.15) is 0 Å². The second kappa shape index (κ2) is 9.73. The minimum atomic E-state index is -0.955. The molecule has 0 aliphatic heterocycles. The summed E-state index contributed by atoms with van der Waals surface area (Å²) in [4.78, 5) is 23.0. The van der Waals surface area contributed by atoms with E-state index in [1.165, 1.54) is 32.6 Å². The van der Waals surface area contributed by atoms with Gasteiger partial charge in [0.1, 0.15) is 0 Å². The van der Waals surface area contributed by atoms with E-state index in [1.807, 2.05) is 24.3 Å². The summed E-state index contributed by atoms with van der Waals surface area (Å²) in [5, 5.41) is 3.44. The third-order valence-corrected chi connectivity index (χ3v) is 4.17. The molecule has 1 atom stereocenters. The number of ether oxygens (including phenoxy) is 2. The van der Waals surface area contributed by atoms with Crippen LogP contribution in [-0.4, -0.2) is 31.2 Å². The molecule has 0 spiro atoms. The molecule has 1 fully saturated rings. The van der Waals surface area contributed by atoms with Crippen LogP contribution in [-0.2, 0) is 19.1 Å². The molecule has 1 aliphatic carbocycles. The van der Waals surface area contributed by atoms with E-state index in [9.17, 15) is 9.59 Å². The van der Waals surface area contributed by atoms with Crippen LogP contribution in [0.3, 0.4) is 0 Å². The number of hydrogen-bond acceptors (Lipinski definition) is 5. The summed E-state index contributed by atoms with van der Waals surface area (Å²) in [7, 11) is 0. The molecule has 0 aromatic heterocycles. The van der Waals surface area contributed by atoms with Gasteiger partial charge in [-0.05, 0) is 56.9 Å². The molecule has 1 aromatic carbocycles. The number of rotatable bonds is 6. The van der Waals surface area contributed by atoms with E-state index in [0.29, 0.717) is 5.56 Å². The average Bonchev–Trinajstić information content (AvgIpc) is 3.13. The number of hydrogen-bond donors (Lipinski definition) is 1. The molecular weight excluding hydrogens is 318 g/mol. The molecule has 0 amide bonds. The topological polar surface area (TPSA) is 64.6 Å². The second-order valence-electron chi connectivity index (χ2n) is 6.16. The SMILES string of the molecule is CCOC(=O)C(C)OC(=O)C#Cc1ccc(NCC2CCCC2)cc1. The highest BCUT2D eigenvalue weighted by atomic mass is 16.6. The Balaban J connectivity index is 1.81. The lowest BCUT2D eigenvalue weighted by Gasteiger charge is -2.11. The zero-order chi connectivity index (χ0) is 18.1. The van der Waals surface area contributed by atoms with Crippen LogP contribution in [0.1, 0.15) is 45.1 Å². The maximum absolute atomic E-state index is 11.6. The number of benzene rings is 1. The number of nitrogens with one attached hydrogen (secondary N) is 1. The molecule has 1 aromatic rings. The molecule has 1 N–H and O–H groups in total. The predicted octanol–water partition coefficient (Wildman–Crippen LogP) is 3.14. The van der Waals surface area contributed by atoms with Gasteiger partial charge in [-0.25, -0.2) is 9.59 Å². The van der Waals surface area contributed by atoms with Crippen molar-refractivity contribution in [2.45, 2.75) is 45.6 Å². The van der Waals surface area contributed by atoms with Crippen LogP contribution in [0.15, 0.2) is 24.3 Å². The van der Waals surface area contributed by atoms with E-state index in [-0.39, 0.29) is 6.61 Å². The number of carbonyl (C=O) groups is 2. The Bertz CT molecular complexity index is 636. The Labute approximate surface area is 149 Å². The fourth-order valence-electron chi connectivity index (χ4n) is 2.77. The summed E-state index contributed by atoms with van der Waals surface area (Å²) >= 11 is 0. The predicted molar refractivity (Wildman–Crippen MR) is 96.0 cm³/mol. The van der Waals surface area contributed by atoms with Crippen LogP contribution in [0.5, 0.6) is 0 Å². The van der Waals surface area contributed by atoms with Gasteiger partial charge in [0.15, 0.2) is 6.10 Å². The van der Waals surface area contributed by atoms with Gasteiger partial charge in [-0.3, -0.25) is 0 Å². The van der Waals surface area contributed by atoms with Crippen molar-refractivity contribution < 1.29 is 19.1 Å². The van der Waals surface area contributed by atoms with E-state index in [4.69, 9.17) is 9.47 Å². The highest BCUT2D eigenvalue weighted by Crippen LogP contribution is 2.24. The Morgan fingerprint density at radius 3 is 2.56 bits per heavy atom. The van der Waals surface area contributed by atoms with Crippen molar-refractivity contribution in [3.8, 4) is 11.8 Å². The van der Waals surface area contributed by atoms with E-state index in [0.717, 1.165) is 18.2 Å². The summed E-state index contributed by atoms with van der Waals surface area (Å²) in [5.41, 5.74) is 1.77. The minimum absolute atomic E-state index is 0.244. The minimum Gasteiger partial charge on any atom is -0.463 e. The monoisotopic (exact) mass is 343 g/mol. The van der Waals surface area contributed by atoms with Crippen LogP contribution in [0, 0.1) is 17.8 Å². The van der Waals surface area contributed by atoms with Crippen molar-refractivity contribution >= 4 is 17.6 Å². The molecular formula is C20H25NO4. The number of carbonyl (C=O) groups excluding carboxylic acids is 2. The van der Waals surface area contributed by atoms with Gasteiger partial charge >= 0.3 is 11.9 Å². The van der Waals surface area contributed by atoms with E-state index >= 15 is 0 Å². The van der Waals surface area contributed by atoms with Crippen molar-refractivity contribution in [1.29, 1.82) is 0 Å². The van der Waals surface area contributed by atoms with E-state index < -0.39 is 18.0 Å². The molecule has 0 bridgehead atoms. The lowest BCUT2D eigenvalue weighted by atomic mass is 10.1. The van der Waals surface area contributed by atoms with Crippen molar-refractivity contribution in [2.75, 3.05) is 18.5 Å². The molecule has 5 heteroatoms. The van der Waals surface area contributed by atoms with Gasteiger partial charge in [-0.1, -0.05) is 18.8 Å². The second-order valence-corrected chi connectivity index (χ2v) is 6.16. The molecule has 134 valence electrons. The first-order chi connectivity index (χ1) is 12.1. The Morgan fingerprint density at radius 2 is 1.92 bits per heavy atom. The Morgan fingerprint density at radius 1 is 1.24 bits per heavy atom. The third kappa shape index (κ3) is 6.50. The molecule has 5 nitrogen and oxygen atoms in total. The van der Waals surface area contributed by atoms with Crippen LogP contribution in [0.2, 0.25) is 0 Å². The number of anilines is 1. The summed E-state index contributed by atoms with van der Waals surface area (Å²) in [6, 6.07) is 7.61. The highest BCUT2D eigenvalue weighted by molar-refractivity contribution is 5.91. The Kier molecular flexibility index (Phi) is 7.34. The number of esters is 2. The zero-order valence-corrected chi connectivity index (χ0v) is 14.8. The van der Waals surface area contributed by atoms with Crippen LogP contribution in [0.25, 0.3) is 0 Å². The first-order valence-corrected chi connectivity index (χ1v) is 8.81. The van der Waals surface area contributed by atoms with Gasteiger partial charge in [0.25, 0.3) is 0 Å². The molecule has 25 heavy (non-hydrogen) atoms. The van der Waals surface area contributed by atoms with E-state index in [1.54, 1.807) is 6.92 Å². The maximum Gasteiger partial charge on any atom is 0.385 e. The fraction of sp³-hybridized carbons (Fsp3) is 0.500. The highest BCUT2D eigenvalue weighted by Gasteiger charge is 2.17. The van der Waals surface area contributed by atoms with Gasteiger partial charge in [-0.15, -0.1) is 0 Å². The molecule has 1 saturated carbocycles. The maximum atomic E-state index is 11.6. The third-order valence-electron chi connectivity index (χ3n) is 4.17. The van der Waals surface area contributed by atoms with Crippen molar-refractivity contribution in [3.05, 3.63) is 29.8 Å². The van der Waals surface area contributed by atoms with E-state index in [2.05, 4.69) is 17.2 Å². The van der Waals surface area contributed by atoms with Crippen molar-refractivity contribution in [3.63, 3.8) is 0 Å². The van der Waals surface area contributed by atoms with Crippen LogP contribution < -0.4 is 5.32 Å². The molecule has 0 saturated heterocycles. The fourth-order valence-corrected chi connectivity index (χ4v) is 2.77. The zero-order valence-electron chi connectivity index (χ0n) is 14.8. The quantitative estimate of drug-likeness (QED) is 0.635. The van der Waals surface area contributed by atoms with Crippen LogP contribution in [0.4, 0.5) is 5.69 Å². The van der Waals surface area contributed by atoms with Crippen LogP contribution >= 0.6 is 0 Å². The first-order valence-electron chi connectivity index (χ1n) is 8.81. The standard InChI is InChI=1S/C20H25NO4/c1-3-24-20(23)15(2)25-19(22)13-10-16-8-11-18(12-9-16)21-14-17-6-4-5-7-17/h8-9,11-12,15,17,21H,3-7,14H2,1-2H3. The molecule has 2 rings (SSSR count). The first kappa shape index (κ1) is 18.9. The molecule has 1 unspecified atom stereocenters. The van der Waals surface area contributed by atoms with Crippen molar-refractivity contribution in [1.82, 2.24) is 0 Å². The normalized spacial score (nSPS) is 15.0. The summed E-state index contributed by atoms with van der Waals surface area (Å²) in [6.07, 6.45) is 4.34. The summed E-state index contributed by atoms with van der Waals surface area (Å²) < 4.78 is 9.68. The van der Waals surface area contributed by atoms with Crippen molar-refractivity contribution in [2.24, 2.45) is 5.92 Å². The summed E-state index contributed by atoms with van der Waals surface area (Å²) in [5.74, 6) is 4.58. The molecule has 1 aliphatic rings. The average molecular weight is 343 g/mol. The lowest BCUT2D eigenvalue weighted by Crippen LogP contribution is -2.25. The van der Waals surface area contributed by atoms with Gasteiger partial charge in [0.05, 0.1) is 6.61 Å². The molecule has 0 radical (unpaired) electrons. The smallest absolute Gasteiger partial charge is 0.385 e. The molecule has 0 heterocycles. The van der Waals surface area contributed by atoms with Gasteiger partial charge in [0, 0.05) is 23.7 Å². The Hall–Kier alpha value is -2.48. The van der Waals surface area contributed by atoms with Gasteiger partial charge in [0.2, 0.25) is 0 Å². The van der Waals surface area contributed by atoms with Gasteiger partial charge < -0.3 is 14.8 Å². The largest absolute Gasteiger partial charge is 0.463 e. The lowest BCUT2D eigenvalue weighted by molar-refractivity contribution is -0.162. The summed E-state index contributed by atoms with van der Waals surface area (Å²) in [6.45, 7) is 4.40.